The summed E-state index contributed by atoms with van der Waals surface area (Å²) in [6.07, 6.45) is 4.76. The first-order valence-corrected chi connectivity index (χ1v) is 6.60. The third kappa shape index (κ3) is 2.23. The molecule has 1 fully saturated rings. The fraction of sp³-hybridized carbons (Fsp3) is 0.615. The van der Waals surface area contributed by atoms with Gasteiger partial charge in [0, 0.05) is 26.5 Å². The molecule has 2 rings (SSSR count). The average molecular weight is 279 g/mol. The Labute approximate surface area is 118 Å². The van der Waals surface area contributed by atoms with E-state index in [0.29, 0.717) is 25.3 Å². The van der Waals surface area contributed by atoms with Crippen LogP contribution in [0.2, 0.25) is 0 Å². The summed E-state index contributed by atoms with van der Waals surface area (Å²) in [7, 11) is 3.60. The average Bonchev–Trinajstić information content (AvgIpc) is 2.78. The van der Waals surface area contributed by atoms with Crippen LogP contribution in [0, 0.1) is 11.3 Å². The van der Waals surface area contributed by atoms with Gasteiger partial charge in [-0.15, -0.1) is 0 Å². The Morgan fingerprint density at radius 3 is 2.80 bits per heavy atom. The summed E-state index contributed by atoms with van der Waals surface area (Å²) >= 11 is 0. The second kappa shape index (κ2) is 5.15. The summed E-state index contributed by atoms with van der Waals surface area (Å²) in [4.78, 5) is 18.4. The number of amides is 1. The number of amidine groups is 1. The van der Waals surface area contributed by atoms with Crippen molar-refractivity contribution in [2.75, 3.05) is 7.05 Å². The number of aromatic nitrogens is 2. The Morgan fingerprint density at radius 1 is 1.70 bits per heavy atom. The molecule has 1 saturated carbocycles. The van der Waals surface area contributed by atoms with Gasteiger partial charge < -0.3 is 20.4 Å². The zero-order valence-corrected chi connectivity index (χ0v) is 12.1. The Bertz CT molecular complexity index is 531. The van der Waals surface area contributed by atoms with Crippen molar-refractivity contribution in [2.45, 2.75) is 26.3 Å². The molecule has 0 saturated heterocycles. The van der Waals surface area contributed by atoms with Crippen LogP contribution in [0.15, 0.2) is 17.5 Å². The molecule has 7 nitrogen and oxygen atoms in total. The van der Waals surface area contributed by atoms with Gasteiger partial charge in [0.1, 0.15) is 11.2 Å². The lowest BCUT2D eigenvalue weighted by molar-refractivity contribution is -0.143. The molecule has 0 radical (unpaired) electrons. The van der Waals surface area contributed by atoms with Gasteiger partial charge in [-0.2, -0.15) is 0 Å². The predicted octanol–water partition coefficient (Wildman–Crippen LogP) is 0.541. The van der Waals surface area contributed by atoms with E-state index in [1.165, 1.54) is 0 Å². The van der Waals surface area contributed by atoms with E-state index in [0.717, 1.165) is 5.82 Å². The van der Waals surface area contributed by atoms with Gasteiger partial charge in [-0.3, -0.25) is 4.79 Å². The third-order valence-electron chi connectivity index (χ3n) is 4.05. The molecule has 1 aromatic heterocycles. The predicted molar refractivity (Wildman–Crippen MR) is 73.9 cm³/mol. The van der Waals surface area contributed by atoms with Crippen LogP contribution >= 0.6 is 0 Å². The van der Waals surface area contributed by atoms with Crippen molar-refractivity contribution in [3.05, 3.63) is 18.2 Å². The highest BCUT2D eigenvalue weighted by atomic mass is 16.4. The van der Waals surface area contributed by atoms with Crippen molar-refractivity contribution in [3.8, 4) is 0 Å². The van der Waals surface area contributed by atoms with Gasteiger partial charge in [0.15, 0.2) is 5.84 Å². The quantitative estimate of drug-likeness (QED) is 0.364. The van der Waals surface area contributed by atoms with Gasteiger partial charge in [0.25, 0.3) is 0 Å². The summed E-state index contributed by atoms with van der Waals surface area (Å²) in [5.41, 5.74) is 4.90. The normalized spacial score (nSPS) is 26.1. The number of imidazole rings is 1. The van der Waals surface area contributed by atoms with E-state index in [9.17, 15) is 4.79 Å². The standard InChI is InChI=1S/C13H21N5O2/c1-9-6-13(7-9,11(14)16-20)12(19)18(3)8-10-15-4-5-17(10)2/h4-5,9,20H,6-8H2,1-3H3,(H2,14,16). The van der Waals surface area contributed by atoms with Gasteiger partial charge in [0.2, 0.25) is 5.91 Å². The molecule has 110 valence electrons. The Morgan fingerprint density at radius 2 is 2.35 bits per heavy atom. The van der Waals surface area contributed by atoms with Crippen LogP contribution < -0.4 is 5.73 Å². The molecule has 1 aromatic rings. The van der Waals surface area contributed by atoms with Gasteiger partial charge in [0.05, 0.1) is 6.54 Å². The molecule has 0 unspecified atom stereocenters. The largest absolute Gasteiger partial charge is 0.409 e. The summed E-state index contributed by atoms with van der Waals surface area (Å²) in [5.74, 6) is 1.09. The first-order valence-electron chi connectivity index (χ1n) is 6.60. The number of nitrogens with zero attached hydrogens (tertiary/aromatic N) is 4. The van der Waals surface area contributed by atoms with Crippen molar-refractivity contribution in [1.29, 1.82) is 0 Å². The van der Waals surface area contributed by atoms with Crippen molar-refractivity contribution in [3.63, 3.8) is 0 Å². The maximum atomic E-state index is 12.6. The molecule has 7 heteroatoms. The highest BCUT2D eigenvalue weighted by Crippen LogP contribution is 2.47. The maximum absolute atomic E-state index is 12.6. The number of hydrogen-bond acceptors (Lipinski definition) is 4. The molecule has 3 N–H and O–H groups in total. The molecule has 0 atom stereocenters. The number of rotatable bonds is 4. The van der Waals surface area contributed by atoms with Crippen LogP contribution in [0.5, 0.6) is 0 Å². The van der Waals surface area contributed by atoms with Crippen LogP contribution in [0.1, 0.15) is 25.6 Å². The molecule has 0 spiro atoms. The van der Waals surface area contributed by atoms with Crippen molar-refractivity contribution < 1.29 is 10.0 Å². The van der Waals surface area contributed by atoms with E-state index < -0.39 is 5.41 Å². The lowest BCUT2D eigenvalue weighted by Gasteiger charge is -2.45. The van der Waals surface area contributed by atoms with Crippen LogP contribution in [0.4, 0.5) is 0 Å². The molecule has 0 aliphatic heterocycles. The second-order valence-electron chi connectivity index (χ2n) is 5.70. The van der Waals surface area contributed by atoms with Gasteiger partial charge >= 0.3 is 0 Å². The zero-order chi connectivity index (χ0) is 14.9. The first kappa shape index (κ1) is 14.4. The lowest BCUT2D eigenvalue weighted by atomic mass is 9.61. The molecule has 1 aliphatic carbocycles. The summed E-state index contributed by atoms with van der Waals surface area (Å²) in [6.45, 7) is 2.45. The minimum absolute atomic E-state index is 0.00675. The monoisotopic (exact) mass is 279 g/mol. The number of hydrogen-bond donors (Lipinski definition) is 2. The molecular weight excluding hydrogens is 258 g/mol. The van der Waals surface area contributed by atoms with Crippen molar-refractivity contribution >= 4 is 11.7 Å². The lowest BCUT2D eigenvalue weighted by Crippen LogP contribution is -2.56. The summed E-state index contributed by atoms with van der Waals surface area (Å²) in [5, 5.41) is 12.0. The maximum Gasteiger partial charge on any atom is 0.236 e. The third-order valence-corrected chi connectivity index (χ3v) is 4.05. The molecule has 20 heavy (non-hydrogen) atoms. The summed E-state index contributed by atoms with van der Waals surface area (Å²) < 4.78 is 1.86. The number of carbonyl (C=O) groups is 1. The number of aryl methyl sites for hydroxylation is 1. The molecular formula is C13H21N5O2. The van der Waals surface area contributed by atoms with Crippen LogP contribution in [-0.2, 0) is 18.4 Å². The fourth-order valence-corrected chi connectivity index (χ4v) is 2.92. The van der Waals surface area contributed by atoms with Crippen LogP contribution in [0.25, 0.3) is 0 Å². The molecule has 1 heterocycles. The molecule has 0 aromatic carbocycles. The van der Waals surface area contributed by atoms with Gasteiger partial charge in [-0.1, -0.05) is 12.1 Å². The molecule has 1 aliphatic rings. The van der Waals surface area contributed by atoms with Crippen molar-refractivity contribution in [1.82, 2.24) is 14.5 Å². The van der Waals surface area contributed by atoms with Gasteiger partial charge in [-0.25, -0.2) is 4.98 Å². The van der Waals surface area contributed by atoms with E-state index >= 15 is 0 Å². The Kier molecular flexibility index (Phi) is 3.69. The second-order valence-corrected chi connectivity index (χ2v) is 5.70. The Hall–Kier alpha value is -2.05. The zero-order valence-electron chi connectivity index (χ0n) is 12.1. The first-order chi connectivity index (χ1) is 9.40. The van der Waals surface area contributed by atoms with Gasteiger partial charge in [-0.05, 0) is 18.8 Å². The highest BCUT2D eigenvalue weighted by molar-refractivity contribution is 6.07. The van der Waals surface area contributed by atoms with Crippen molar-refractivity contribution in [2.24, 2.45) is 29.3 Å². The topological polar surface area (TPSA) is 96.7 Å². The van der Waals surface area contributed by atoms with E-state index in [1.54, 1.807) is 18.1 Å². The van der Waals surface area contributed by atoms with E-state index in [4.69, 9.17) is 10.9 Å². The number of carbonyl (C=O) groups excluding carboxylic acids is 1. The van der Waals surface area contributed by atoms with E-state index in [1.807, 2.05) is 17.8 Å². The number of oxime groups is 1. The summed E-state index contributed by atoms with van der Waals surface area (Å²) in [6, 6.07) is 0. The highest BCUT2D eigenvalue weighted by Gasteiger charge is 2.53. The Balaban J connectivity index is 2.15. The van der Waals surface area contributed by atoms with E-state index in [-0.39, 0.29) is 11.7 Å². The smallest absolute Gasteiger partial charge is 0.236 e. The molecule has 0 bridgehead atoms. The van der Waals surface area contributed by atoms with Crippen LogP contribution in [-0.4, -0.2) is 38.4 Å². The SMILES string of the molecule is CC1CC(C(=O)N(C)Cc2nccn2C)(/C(N)=N/O)C1. The van der Waals surface area contributed by atoms with Crippen LogP contribution in [0.3, 0.4) is 0 Å². The fourth-order valence-electron chi connectivity index (χ4n) is 2.92. The minimum atomic E-state index is -0.853. The van der Waals surface area contributed by atoms with E-state index in [2.05, 4.69) is 17.1 Å². The molecule has 1 amide bonds. The number of nitrogens with two attached hydrogens (primary N) is 1. The minimum Gasteiger partial charge on any atom is -0.409 e.